The van der Waals surface area contributed by atoms with Crippen molar-refractivity contribution in [3.8, 4) is 0 Å². The Balaban J connectivity index is 4.01. The predicted octanol–water partition coefficient (Wildman–Crippen LogP) is 1.98. The van der Waals surface area contributed by atoms with Crippen LogP contribution in [0, 0.1) is 5.92 Å². The SMILES string of the molecule is CCC(CNC(=O)NC(C)(C)CC)CC(=O)O. The van der Waals surface area contributed by atoms with Crippen LogP contribution in [0.1, 0.15) is 47.0 Å². The van der Waals surface area contributed by atoms with Gasteiger partial charge < -0.3 is 15.7 Å². The maximum atomic E-state index is 11.6. The largest absolute Gasteiger partial charge is 0.481 e. The summed E-state index contributed by atoms with van der Waals surface area (Å²) in [7, 11) is 0. The molecule has 5 heteroatoms. The van der Waals surface area contributed by atoms with Gasteiger partial charge in [0.1, 0.15) is 0 Å². The highest BCUT2D eigenvalue weighted by molar-refractivity contribution is 5.74. The molecule has 3 N–H and O–H groups in total. The van der Waals surface area contributed by atoms with Crippen LogP contribution in [0.25, 0.3) is 0 Å². The van der Waals surface area contributed by atoms with Crippen LogP contribution >= 0.6 is 0 Å². The van der Waals surface area contributed by atoms with Crippen LogP contribution in [0.3, 0.4) is 0 Å². The number of urea groups is 1. The summed E-state index contributed by atoms with van der Waals surface area (Å²) >= 11 is 0. The summed E-state index contributed by atoms with van der Waals surface area (Å²) < 4.78 is 0. The van der Waals surface area contributed by atoms with Crippen LogP contribution in [0.15, 0.2) is 0 Å². The summed E-state index contributed by atoms with van der Waals surface area (Å²) in [5.74, 6) is -0.837. The average Bonchev–Trinajstić information content (AvgIpc) is 2.23. The van der Waals surface area contributed by atoms with E-state index in [0.717, 1.165) is 12.8 Å². The van der Waals surface area contributed by atoms with E-state index < -0.39 is 5.97 Å². The molecule has 0 heterocycles. The molecule has 0 bridgehead atoms. The molecular weight excluding hydrogens is 220 g/mol. The monoisotopic (exact) mass is 244 g/mol. The lowest BCUT2D eigenvalue weighted by molar-refractivity contribution is -0.138. The lowest BCUT2D eigenvalue weighted by Gasteiger charge is -2.25. The van der Waals surface area contributed by atoms with Gasteiger partial charge in [-0.05, 0) is 26.2 Å². The summed E-state index contributed by atoms with van der Waals surface area (Å²) in [5, 5.41) is 14.2. The van der Waals surface area contributed by atoms with Crippen LogP contribution < -0.4 is 10.6 Å². The Hall–Kier alpha value is -1.26. The van der Waals surface area contributed by atoms with E-state index >= 15 is 0 Å². The number of aliphatic carboxylic acids is 1. The minimum atomic E-state index is -0.826. The zero-order chi connectivity index (χ0) is 13.5. The van der Waals surface area contributed by atoms with E-state index in [4.69, 9.17) is 5.11 Å². The minimum Gasteiger partial charge on any atom is -0.481 e. The minimum absolute atomic E-state index is 0.0111. The first-order valence-corrected chi connectivity index (χ1v) is 6.08. The number of hydrogen-bond acceptors (Lipinski definition) is 2. The molecule has 1 unspecified atom stereocenters. The van der Waals surface area contributed by atoms with Crippen molar-refractivity contribution in [3.05, 3.63) is 0 Å². The van der Waals surface area contributed by atoms with Crippen LogP contribution in [0.4, 0.5) is 4.79 Å². The first-order chi connectivity index (χ1) is 7.80. The zero-order valence-electron chi connectivity index (χ0n) is 11.2. The molecule has 0 saturated heterocycles. The van der Waals surface area contributed by atoms with Gasteiger partial charge in [-0.3, -0.25) is 4.79 Å². The third-order valence-corrected chi connectivity index (χ3v) is 2.93. The second-order valence-electron chi connectivity index (χ2n) is 4.94. The number of carboxylic acid groups (broad SMARTS) is 1. The smallest absolute Gasteiger partial charge is 0.315 e. The van der Waals surface area contributed by atoms with Gasteiger partial charge in [0, 0.05) is 18.5 Å². The molecule has 2 amide bonds. The molecule has 0 aromatic carbocycles. The quantitative estimate of drug-likeness (QED) is 0.640. The Morgan fingerprint density at radius 1 is 1.29 bits per heavy atom. The highest BCUT2D eigenvalue weighted by atomic mass is 16.4. The molecule has 0 aromatic heterocycles. The molecule has 0 aromatic rings. The molecule has 5 nitrogen and oxygen atoms in total. The average molecular weight is 244 g/mol. The van der Waals surface area contributed by atoms with Gasteiger partial charge in [-0.2, -0.15) is 0 Å². The van der Waals surface area contributed by atoms with E-state index in [2.05, 4.69) is 10.6 Å². The fraction of sp³-hybridized carbons (Fsp3) is 0.833. The third kappa shape index (κ3) is 7.60. The summed E-state index contributed by atoms with van der Waals surface area (Å²) in [4.78, 5) is 22.1. The Morgan fingerprint density at radius 2 is 1.88 bits per heavy atom. The van der Waals surface area contributed by atoms with Crippen molar-refractivity contribution in [2.45, 2.75) is 52.5 Å². The first-order valence-electron chi connectivity index (χ1n) is 6.08. The maximum Gasteiger partial charge on any atom is 0.315 e. The van der Waals surface area contributed by atoms with Gasteiger partial charge in [-0.1, -0.05) is 20.3 Å². The number of hydrogen-bond donors (Lipinski definition) is 3. The van der Waals surface area contributed by atoms with Crippen LogP contribution in [0.2, 0.25) is 0 Å². The Morgan fingerprint density at radius 3 is 2.29 bits per heavy atom. The molecule has 0 aliphatic rings. The topological polar surface area (TPSA) is 78.4 Å². The number of nitrogens with one attached hydrogen (secondary N) is 2. The Kier molecular flexibility index (Phi) is 6.61. The summed E-state index contributed by atoms with van der Waals surface area (Å²) in [6.45, 7) is 8.21. The number of carboxylic acids is 1. The van der Waals surface area contributed by atoms with Gasteiger partial charge in [0.2, 0.25) is 0 Å². The summed E-state index contributed by atoms with van der Waals surface area (Å²) in [5.41, 5.74) is -0.238. The van der Waals surface area contributed by atoms with Crippen molar-refractivity contribution >= 4 is 12.0 Å². The van der Waals surface area contributed by atoms with E-state index in [-0.39, 0.29) is 23.9 Å². The van der Waals surface area contributed by atoms with Crippen LogP contribution in [0.5, 0.6) is 0 Å². The summed E-state index contributed by atoms with van der Waals surface area (Å²) in [6.07, 6.45) is 1.67. The molecule has 0 spiro atoms. The van der Waals surface area contributed by atoms with Gasteiger partial charge in [0.15, 0.2) is 0 Å². The summed E-state index contributed by atoms with van der Waals surface area (Å²) in [6, 6.07) is -0.235. The second-order valence-corrected chi connectivity index (χ2v) is 4.94. The van der Waals surface area contributed by atoms with E-state index in [9.17, 15) is 9.59 Å². The lowest BCUT2D eigenvalue weighted by Crippen LogP contribution is -2.48. The molecular formula is C12H24N2O3. The Labute approximate surface area is 103 Å². The van der Waals surface area contributed by atoms with Gasteiger partial charge in [0.05, 0.1) is 0 Å². The van der Waals surface area contributed by atoms with Crippen molar-refractivity contribution in [1.82, 2.24) is 10.6 Å². The van der Waals surface area contributed by atoms with E-state index in [1.165, 1.54) is 0 Å². The van der Waals surface area contributed by atoms with Gasteiger partial charge in [0.25, 0.3) is 0 Å². The highest BCUT2D eigenvalue weighted by Gasteiger charge is 2.18. The molecule has 0 aliphatic heterocycles. The third-order valence-electron chi connectivity index (χ3n) is 2.93. The predicted molar refractivity (Wildman–Crippen MR) is 66.9 cm³/mol. The zero-order valence-corrected chi connectivity index (χ0v) is 11.2. The molecule has 0 radical (unpaired) electrons. The van der Waals surface area contributed by atoms with Crippen LogP contribution in [-0.2, 0) is 4.79 Å². The molecule has 0 saturated carbocycles. The van der Waals surface area contributed by atoms with Gasteiger partial charge in [-0.15, -0.1) is 0 Å². The van der Waals surface area contributed by atoms with Gasteiger partial charge >= 0.3 is 12.0 Å². The fourth-order valence-electron chi connectivity index (χ4n) is 1.28. The number of carbonyl (C=O) groups excluding carboxylic acids is 1. The van der Waals surface area contributed by atoms with Gasteiger partial charge in [-0.25, -0.2) is 4.79 Å². The number of carbonyl (C=O) groups is 2. The maximum absolute atomic E-state index is 11.6. The molecule has 0 rings (SSSR count). The van der Waals surface area contributed by atoms with Crippen LogP contribution in [-0.4, -0.2) is 29.2 Å². The fourth-order valence-corrected chi connectivity index (χ4v) is 1.28. The first kappa shape index (κ1) is 15.7. The van der Waals surface area contributed by atoms with Crippen molar-refractivity contribution in [1.29, 1.82) is 0 Å². The highest BCUT2D eigenvalue weighted by Crippen LogP contribution is 2.08. The molecule has 1 atom stereocenters. The number of amides is 2. The molecule has 0 fully saturated rings. The second kappa shape index (κ2) is 7.14. The van der Waals surface area contributed by atoms with E-state index in [0.29, 0.717) is 6.54 Å². The standard InChI is InChI=1S/C12H24N2O3/c1-5-9(7-10(15)16)8-13-11(17)14-12(3,4)6-2/h9H,5-8H2,1-4H3,(H,15,16)(H2,13,14,17). The number of rotatable bonds is 7. The molecule has 17 heavy (non-hydrogen) atoms. The van der Waals surface area contributed by atoms with E-state index in [1.54, 1.807) is 0 Å². The molecule has 0 aliphatic carbocycles. The van der Waals surface area contributed by atoms with Crippen molar-refractivity contribution < 1.29 is 14.7 Å². The molecule has 100 valence electrons. The lowest BCUT2D eigenvalue weighted by atomic mass is 10.0. The normalized spacial score (nSPS) is 12.9. The van der Waals surface area contributed by atoms with Crippen molar-refractivity contribution in [3.63, 3.8) is 0 Å². The van der Waals surface area contributed by atoms with Crippen molar-refractivity contribution in [2.75, 3.05) is 6.54 Å². The Bertz CT molecular complexity index is 264. The van der Waals surface area contributed by atoms with Crippen molar-refractivity contribution in [2.24, 2.45) is 5.92 Å². The van der Waals surface area contributed by atoms with E-state index in [1.807, 2.05) is 27.7 Å².